The normalized spacial score (nSPS) is 17.6. The zero-order valence-corrected chi connectivity index (χ0v) is 18.4. The molecule has 170 valence electrons. The molecule has 0 spiro atoms. The van der Waals surface area contributed by atoms with Gasteiger partial charge in [0.15, 0.2) is 0 Å². The lowest BCUT2D eigenvalue weighted by Gasteiger charge is -2.26. The van der Waals surface area contributed by atoms with Crippen molar-refractivity contribution < 1.29 is 24.3 Å². The highest BCUT2D eigenvalue weighted by Gasteiger charge is 2.35. The third kappa shape index (κ3) is 7.55. The number of hydrogen-bond acceptors (Lipinski definition) is 6. The minimum atomic E-state index is -1.10. The van der Waals surface area contributed by atoms with E-state index in [4.69, 9.17) is 5.73 Å². The summed E-state index contributed by atoms with van der Waals surface area (Å²) in [5.74, 6) is -1.82. The second-order valence-electron chi connectivity index (χ2n) is 7.44. The molecule has 2 rings (SSSR count). The number of nitrogens with one attached hydrogen (secondary N) is 2. The summed E-state index contributed by atoms with van der Waals surface area (Å²) in [6.07, 6.45) is 3.60. The minimum absolute atomic E-state index is 0.264. The number of thioether (sulfide) groups is 1. The van der Waals surface area contributed by atoms with Crippen LogP contribution < -0.4 is 16.4 Å². The van der Waals surface area contributed by atoms with Crippen LogP contribution in [0.4, 0.5) is 0 Å². The van der Waals surface area contributed by atoms with E-state index >= 15 is 0 Å². The van der Waals surface area contributed by atoms with Crippen LogP contribution in [0.5, 0.6) is 0 Å². The maximum absolute atomic E-state index is 12.6. The average molecular weight is 451 g/mol. The first-order valence-electron chi connectivity index (χ1n) is 10.2. The lowest BCUT2D eigenvalue weighted by atomic mass is 10.1. The Morgan fingerprint density at radius 3 is 2.61 bits per heavy atom. The van der Waals surface area contributed by atoms with E-state index in [9.17, 15) is 24.3 Å². The summed E-state index contributed by atoms with van der Waals surface area (Å²) in [4.78, 5) is 50.2. The molecule has 1 aliphatic rings. The largest absolute Gasteiger partial charge is 0.480 e. The maximum Gasteiger partial charge on any atom is 0.326 e. The Labute approximate surface area is 186 Å². The molecule has 1 heterocycles. The van der Waals surface area contributed by atoms with Crippen molar-refractivity contribution in [2.75, 3.05) is 25.1 Å². The number of carbonyl (C=O) groups excluding carboxylic acids is 3. The van der Waals surface area contributed by atoms with Crippen molar-refractivity contribution in [1.29, 1.82) is 0 Å². The summed E-state index contributed by atoms with van der Waals surface area (Å²) in [7, 11) is 0. The molecular weight excluding hydrogens is 420 g/mol. The van der Waals surface area contributed by atoms with Gasteiger partial charge in [0, 0.05) is 6.54 Å². The molecule has 1 fully saturated rings. The number of nitrogens with zero attached hydrogens (tertiary/aromatic N) is 1. The highest BCUT2D eigenvalue weighted by Crippen LogP contribution is 2.18. The Bertz CT molecular complexity index is 776. The molecule has 1 aliphatic heterocycles. The smallest absolute Gasteiger partial charge is 0.326 e. The van der Waals surface area contributed by atoms with Gasteiger partial charge in [-0.2, -0.15) is 11.8 Å². The fourth-order valence-corrected chi connectivity index (χ4v) is 3.93. The van der Waals surface area contributed by atoms with Crippen LogP contribution in [0, 0.1) is 0 Å². The monoisotopic (exact) mass is 450 g/mol. The van der Waals surface area contributed by atoms with E-state index < -0.39 is 41.8 Å². The summed E-state index contributed by atoms with van der Waals surface area (Å²) in [5, 5.41) is 14.4. The van der Waals surface area contributed by atoms with Gasteiger partial charge in [0.1, 0.15) is 12.1 Å². The molecule has 1 aromatic carbocycles. The molecule has 0 bridgehead atoms. The molecule has 3 unspecified atom stereocenters. The summed E-state index contributed by atoms with van der Waals surface area (Å²) < 4.78 is 0. The Hall–Kier alpha value is -2.59. The molecule has 1 aromatic rings. The van der Waals surface area contributed by atoms with Gasteiger partial charge < -0.3 is 26.4 Å². The highest BCUT2D eigenvalue weighted by molar-refractivity contribution is 7.98. The molecular formula is C21H30N4O5S. The number of aliphatic carboxylic acids is 1. The number of carbonyl (C=O) groups is 4. The second kappa shape index (κ2) is 12.3. The van der Waals surface area contributed by atoms with Crippen molar-refractivity contribution in [3.05, 3.63) is 35.9 Å². The van der Waals surface area contributed by atoms with Crippen LogP contribution in [-0.4, -0.2) is 76.9 Å². The zero-order valence-electron chi connectivity index (χ0n) is 17.6. The lowest BCUT2D eigenvalue weighted by Crippen LogP contribution is -2.53. The van der Waals surface area contributed by atoms with Gasteiger partial charge in [0.2, 0.25) is 17.7 Å². The van der Waals surface area contributed by atoms with E-state index in [1.165, 1.54) is 16.7 Å². The predicted molar refractivity (Wildman–Crippen MR) is 118 cm³/mol. The maximum atomic E-state index is 12.6. The van der Waals surface area contributed by atoms with E-state index in [0.717, 1.165) is 5.56 Å². The molecule has 31 heavy (non-hydrogen) atoms. The Balaban J connectivity index is 1.86. The van der Waals surface area contributed by atoms with E-state index in [1.807, 2.05) is 36.6 Å². The van der Waals surface area contributed by atoms with Crippen LogP contribution >= 0.6 is 11.8 Å². The molecule has 10 heteroatoms. The van der Waals surface area contributed by atoms with Crippen LogP contribution in [-0.2, 0) is 25.6 Å². The first-order valence-corrected chi connectivity index (χ1v) is 11.6. The van der Waals surface area contributed by atoms with Gasteiger partial charge in [-0.05, 0) is 43.3 Å². The van der Waals surface area contributed by atoms with Crippen molar-refractivity contribution in [2.45, 2.75) is 43.8 Å². The first kappa shape index (κ1) is 24.7. The minimum Gasteiger partial charge on any atom is -0.480 e. The summed E-state index contributed by atoms with van der Waals surface area (Å²) >= 11 is 1.49. The molecule has 0 saturated carbocycles. The third-order valence-corrected chi connectivity index (χ3v) is 5.79. The number of likely N-dealkylation sites (tertiary alicyclic amines) is 1. The second-order valence-corrected chi connectivity index (χ2v) is 8.43. The van der Waals surface area contributed by atoms with E-state index in [2.05, 4.69) is 10.6 Å². The number of amides is 3. The standard InChI is InChI=1S/C21H30N4O5S/c1-31-11-9-16(21(29)30)24-20(28)17-8-5-10-25(17)18(26)13-23-19(27)15(22)12-14-6-3-2-4-7-14/h2-4,6-7,15-17H,5,8-13,22H2,1H3,(H,23,27)(H,24,28)(H,29,30). The number of hydrogen-bond donors (Lipinski definition) is 4. The highest BCUT2D eigenvalue weighted by atomic mass is 32.2. The van der Waals surface area contributed by atoms with Gasteiger partial charge in [-0.3, -0.25) is 14.4 Å². The van der Waals surface area contributed by atoms with Crippen molar-refractivity contribution >= 4 is 35.5 Å². The first-order chi connectivity index (χ1) is 14.8. The average Bonchev–Trinajstić information content (AvgIpc) is 3.25. The SMILES string of the molecule is CSCCC(NC(=O)C1CCCN1C(=O)CNC(=O)C(N)Cc1ccccc1)C(=O)O. The van der Waals surface area contributed by atoms with Crippen LogP contribution in [0.3, 0.4) is 0 Å². The van der Waals surface area contributed by atoms with Gasteiger partial charge in [-0.1, -0.05) is 30.3 Å². The lowest BCUT2D eigenvalue weighted by molar-refractivity contribution is -0.144. The Morgan fingerprint density at radius 1 is 1.26 bits per heavy atom. The van der Waals surface area contributed by atoms with Gasteiger partial charge in [-0.15, -0.1) is 0 Å². The van der Waals surface area contributed by atoms with Crippen LogP contribution in [0.2, 0.25) is 0 Å². The Morgan fingerprint density at radius 2 is 1.97 bits per heavy atom. The fourth-order valence-electron chi connectivity index (χ4n) is 3.45. The number of nitrogens with two attached hydrogens (primary N) is 1. The molecule has 3 atom stereocenters. The summed E-state index contributed by atoms with van der Waals surface area (Å²) in [5.41, 5.74) is 6.85. The van der Waals surface area contributed by atoms with Gasteiger partial charge in [0.05, 0.1) is 12.6 Å². The van der Waals surface area contributed by atoms with E-state index in [-0.39, 0.29) is 6.54 Å². The third-order valence-electron chi connectivity index (χ3n) is 5.15. The predicted octanol–water partition coefficient (Wildman–Crippen LogP) is -0.0139. The van der Waals surface area contributed by atoms with Gasteiger partial charge in [0.25, 0.3) is 0 Å². The number of rotatable bonds is 11. The zero-order chi connectivity index (χ0) is 22.8. The van der Waals surface area contributed by atoms with Crippen molar-refractivity contribution in [3.8, 4) is 0 Å². The fraction of sp³-hybridized carbons (Fsp3) is 0.524. The van der Waals surface area contributed by atoms with Gasteiger partial charge in [-0.25, -0.2) is 4.79 Å². The molecule has 5 N–H and O–H groups in total. The van der Waals surface area contributed by atoms with E-state index in [1.54, 1.807) is 0 Å². The molecule has 9 nitrogen and oxygen atoms in total. The van der Waals surface area contributed by atoms with Crippen LogP contribution in [0.15, 0.2) is 30.3 Å². The number of benzene rings is 1. The van der Waals surface area contributed by atoms with Crippen LogP contribution in [0.25, 0.3) is 0 Å². The van der Waals surface area contributed by atoms with E-state index in [0.29, 0.717) is 38.0 Å². The molecule has 1 saturated heterocycles. The summed E-state index contributed by atoms with van der Waals surface area (Å²) in [6, 6.07) is 6.81. The van der Waals surface area contributed by atoms with Crippen molar-refractivity contribution in [1.82, 2.24) is 15.5 Å². The quantitative estimate of drug-likeness (QED) is 0.371. The molecule has 0 radical (unpaired) electrons. The molecule has 0 aromatic heterocycles. The van der Waals surface area contributed by atoms with Crippen LogP contribution in [0.1, 0.15) is 24.8 Å². The Kier molecular flexibility index (Phi) is 9.80. The number of carboxylic acids is 1. The summed E-state index contributed by atoms with van der Waals surface area (Å²) in [6.45, 7) is 0.116. The molecule has 0 aliphatic carbocycles. The van der Waals surface area contributed by atoms with Crippen molar-refractivity contribution in [2.24, 2.45) is 5.73 Å². The molecule has 3 amide bonds. The van der Waals surface area contributed by atoms with Gasteiger partial charge >= 0.3 is 5.97 Å². The van der Waals surface area contributed by atoms with Crippen molar-refractivity contribution in [3.63, 3.8) is 0 Å². The topological polar surface area (TPSA) is 142 Å². The number of carboxylic acid groups (broad SMARTS) is 1.